The lowest BCUT2D eigenvalue weighted by Gasteiger charge is -2.35. The first kappa shape index (κ1) is 26.3. The summed E-state index contributed by atoms with van der Waals surface area (Å²) in [6, 6.07) is -3.49. The van der Waals surface area contributed by atoms with Gasteiger partial charge in [-0.05, 0) is 32.6 Å². The van der Waals surface area contributed by atoms with E-state index in [0.29, 0.717) is 19.4 Å². The second-order valence-electron chi connectivity index (χ2n) is 9.13. The summed E-state index contributed by atoms with van der Waals surface area (Å²) < 4.78 is 5.53. The maximum atomic E-state index is 13.2. The van der Waals surface area contributed by atoms with Crippen LogP contribution in [0.15, 0.2) is 12.7 Å². The molecule has 0 aromatic heterocycles. The zero-order chi connectivity index (χ0) is 25.0. The first-order valence-electron chi connectivity index (χ1n) is 11.4. The number of fused-ring (bicyclic) bond motifs is 1. The maximum absolute atomic E-state index is 13.2. The lowest BCUT2D eigenvalue weighted by atomic mass is 10.0. The average molecular weight is 465 g/mol. The molecule has 0 radical (unpaired) electrons. The molecule has 1 N–H and O–H groups in total. The molecule has 0 aromatic carbocycles. The number of hydrogen-bond acceptors (Lipinski definition) is 6. The minimum atomic E-state index is -1.17. The fourth-order valence-corrected chi connectivity index (χ4v) is 4.40. The molecule has 10 nitrogen and oxygen atoms in total. The second-order valence-corrected chi connectivity index (χ2v) is 9.13. The van der Waals surface area contributed by atoms with Gasteiger partial charge in [0.15, 0.2) is 6.10 Å². The molecule has 2 saturated heterocycles. The monoisotopic (exact) mass is 464 g/mol. The van der Waals surface area contributed by atoms with E-state index in [-0.39, 0.29) is 12.3 Å². The highest BCUT2D eigenvalue weighted by atomic mass is 16.5. The van der Waals surface area contributed by atoms with Crippen molar-refractivity contribution >= 4 is 29.6 Å². The van der Waals surface area contributed by atoms with Crippen molar-refractivity contribution in [3.05, 3.63) is 12.7 Å². The van der Waals surface area contributed by atoms with Crippen LogP contribution in [0.2, 0.25) is 0 Å². The van der Waals surface area contributed by atoms with Crippen LogP contribution in [0, 0.1) is 5.92 Å². The van der Waals surface area contributed by atoms with Crippen LogP contribution < -0.4 is 5.32 Å². The number of likely N-dealkylation sites (N-methyl/N-ethyl adjacent to an activating group) is 2. The van der Waals surface area contributed by atoms with Crippen LogP contribution in [0.4, 0.5) is 0 Å². The summed E-state index contributed by atoms with van der Waals surface area (Å²) in [6.07, 6.45) is 1.38. The number of amides is 4. The number of esters is 1. The van der Waals surface area contributed by atoms with Gasteiger partial charge in [0.05, 0.1) is 0 Å². The zero-order valence-corrected chi connectivity index (χ0v) is 20.4. The van der Waals surface area contributed by atoms with Crippen LogP contribution in [-0.4, -0.2) is 95.2 Å². The van der Waals surface area contributed by atoms with Crippen molar-refractivity contribution in [1.82, 2.24) is 20.0 Å². The summed E-state index contributed by atoms with van der Waals surface area (Å²) in [5, 5.41) is 2.70. The number of hydrogen-bond donors (Lipinski definition) is 1. The topological polar surface area (TPSA) is 116 Å². The van der Waals surface area contributed by atoms with Crippen molar-refractivity contribution in [2.75, 3.05) is 20.6 Å². The molecule has 1 unspecified atom stereocenters. The Morgan fingerprint density at radius 2 is 1.70 bits per heavy atom. The molecular formula is C23H36N4O6. The van der Waals surface area contributed by atoms with Gasteiger partial charge in [-0.15, -0.1) is 6.58 Å². The summed E-state index contributed by atoms with van der Waals surface area (Å²) in [7, 11) is 2.96. The third kappa shape index (κ3) is 5.54. The largest absolute Gasteiger partial charge is 0.450 e. The number of carbonyl (C=O) groups is 5. The Bertz CT molecular complexity index is 813. The Balaban J connectivity index is 2.50. The van der Waals surface area contributed by atoms with Crippen molar-refractivity contribution in [3.8, 4) is 0 Å². The normalized spacial score (nSPS) is 30.6. The van der Waals surface area contributed by atoms with Gasteiger partial charge in [-0.25, -0.2) is 4.79 Å². The molecule has 0 bridgehead atoms. The van der Waals surface area contributed by atoms with Crippen LogP contribution in [0.3, 0.4) is 0 Å². The zero-order valence-electron chi connectivity index (χ0n) is 20.4. The van der Waals surface area contributed by atoms with Gasteiger partial charge in [0, 0.05) is 27.1 Å². The van der Waals surface area contributed by atoms with Gasteiger partial charge < -0.3 is 24.8 Å². The summed E-state index contributed by atoms with van der Waals surface area (Å²) in [4.78, 5) is 69.4. The van der Waals surface area contributed by atoms with Crippen LogP contribution in [0.25, 0.3) is 0 Å². The van der Waals surface area contributed by atoms with Crippen molar-refractivity contribution in [2.45, 2.75) is 77.2 Å². The Morgan fingerprint density at radius 3 is 2.27 bits per heavy atom. The van der Waals surface area contributed by atoms with E-state index in [1.807, 2.05) is 0 Å². The predicted octanol–water partition coefficient (Wildman–Crippen LogP) is 0.314. The molecule has 10 heteroatoms. The lowest BCUT2D eigenvalue weighted by Crippen LogP contribution is -2.58. The third-order valence-corrected chi connectivity index (χ3v) is 6.40. The summed E-state index contributed by atoms with van der Waals surface area (Å²) in [6.45, 7) is 10.7. The van der Waals surface area contributed by atoms with Crippen molar-refractivity contribution in [1.29, 1.82) is 0 Å². The van der Waals surface area contributed by atoms with E-state index in [4.69, 9.17) is 4.74 Å². The predicted molar refractivity (Wildman–Crippen MR) is 121 cm³/mol. The fraction of sp³-hybridized carbons (Fsp3) is 0.696. The fourth-order valence-electron chi connectivity index (χ4n) is 4.40. The molecule has 0 aromatic rings. The quantitative estimate of drug-likeness (QED) is 0.475. The number of ether oxygens (including phenoxy) is 1. The van der Waals surface area contributed by atoms with Crippen molar-refractivity contribution in [2.24, 2.45) is 5.92 Å². The molecule has 5 atom stereocenters. The van der Waals surface area contributed by atoms with E-state index in [1.165, 1.54) is 34.9 Å². The van der Waals surface area contributed by atoms with E-state index in [1.54, 1.807) is 27.7 Å². The number of nitrogens with zero attached hydrogens (tertiary/aromatic N) is 3. The Hall–Kier alpha value is -2.91. The van der Waals surface area contributed by atoms with E-state index in [2.05, 4.69) is 11.9 Å². The van der Waals surface area contributed by atoms with Gasteiger partial charge >= 0.3 is 5.97 Å². The van der Waals surface area contributed by atoms with Gasteiger partial charge in [-0.1, -0.05) is 19.9 Å². The summed E-state index contributed by atoms with van der Waals surface area (Å²) in [5.74, 6) is -2.81. The van der Waals surface area contributed by atoms with Crippen LogP contribution in [-0.2, 0) is 28.7 Å². The molecule has 0 spiro atoms. The minimum absolute atomic E-state index is 0.0669. The van der Waals surface area contributed by atoms with Crippen molar-refractivity contribution in [3.63, 3.8) is 0 Å². The number of rotatable bonds is 3. The molecule has 2 aliphatic heterocycles. The van der Waals surface area contributed by atoms with E-state index in [9.17, 15) is 24.0 Å². The second kappa shape index (κ2) is 10.8. The van der Waals surface area contributed by atoms with Gasteiger partial charge in [0.1, 0.15) is 24.2 Å². The Kier molecular flexibility index (Phi) is 8.63. The standard InChI is InChI=1S/C23H36N4O6/c1-8-10-17-22(31)25(6)15(5)21(30)26(7)18(13(2)3)19(28)24-14(4)20(29)27-12-9-11-16(27)23(32)33-17/h8,13-18H,1,9-12H2,2-7H3,(H,24,28)/t14-,15-,16-,17?,18-/m0/s1. The molecule has 2 aliphatic rings. The highest BCUT2D eigenvalue weighted by molar-refractivity contribution is 5.96. The number of cyclic esters (lactones) is 1. The number of carbonyl (C=O) groups excluding carboxylic acids is 5. The maximum Gasteiger partial charge on any atom is 0.329 e. The molecular weight excluding hydrogens is 428 g/mol. The molecule has 2 rings (SSSR count). The summed E-state index contributed by atoms with van der Waals surface area (Å²) >= 11 is 0. The summed E-state index contributed by atoms with van der Waals surface area (Å²) in [5.41, 5.74) is 0. The van der Waals surface area contributed by atoms with E-state index >= 15 is 0 Å². The van der Waals surface area contributed by atoms with Crippen LogP contribution in [0.1, 0.15) is 47.0 Å². The first-order valence-corrected chi connectivity index (χ1v) is 11.4. The van der Waals surface area contributed by atoms with Gasteiger partial charge in [-0.3, -0.25) is 19.2 Å². The lowest BCUT2D eigenvalue weighted by molar-refractivity contribution is -0.166. The van der Waals surface area contributed by atoms with Gasteiger partial charge in [0.2, 0.25) is 17.7 Å². The van der Waals surface area contributed by atoms with E-state index in [0.717, 1.165) is 0 Å². The van der Waals surface area contributed by atoms with Gasteiger partial charge in [-0.2, -0.15) is 0 Å². The van der Waals surface area contributed by atoms with Crippen LogP contribution >= 0.6 is 0 Å². The highest BCUT2D eigenvalue weighted by Gasteiger charge is 2.42. The number of nitrogens with one attached hydrogen (secondary N) is 1. The smallest absolute Gasteiger partial charge is 0.329 e. The van der Waals surface area contributed by atoms with Crippen LogP contribution in [0.5, 0.6) is 0 Å². The van der Waals surface area contributed by atoms with E-state index < -0.39 is 59.9 Å². The van der Waals surface area contributed by atoms with Gasteiger partial charge in [0.25, 0.3) is 5.91 Å². The Morgan fingerprint density at radius 1 is 1.06 bits per heavy atom. The molecule has 2 heterocycles. The average Bonchev–Trinajstić information content (AvgIpc) is 3.25. The molecule has 4 amide bonds. The Labute approximate surface area is 195 Å². The molecule has 33 heavy (non-hydrogen) atoms. The first-order chi connectivity index (χ1) is 15.4. The van der Waals surface area contributed by atoms with Crippen molar-refractivity contribution < 1.29 is 28.7 Å². The molecule has 0 saturated carbocycles. The highest BCUT2D eigenvalue weighted by Crippen LogP contribution is 2.22. The SMILES string of the molecule is C=CCC1OC(=O)[C@@H]2CCCN2C(=O)[C@H](C)NC(=O)[C@H](C(C)C)N(C)C(=O)[C@H](C)N(C)C1=O. The molecule has 0 aliphatic carbocycles. The molecule has 2 fully saturated rings. The minimum Gasteiger partial charge on any atom is -0.450 e. The molecule has 184 valence electrons. The third-order valence-electron chi connectivity index (χ3n) is 6.40.